The Hall–Kier alpha value is -2.21. The van der Waals surface area contributed by atoms with E-state index in [-0.39, 0.29) is 11.9 Å². The molecule has 1 aromatic carbocycles. The second kappa shape index (κ2) is 7.13. The summed E-state index contributed by atoms with van der Waals surface area (Å²) in [6, 6.07) is 8.18. The van der Waals surface area contributed by atoms with Gasteiger partial charge in [-0.1, -0.05) is 24.3 Å². The van der Waals surface area contributed by atoms with Gasteiger partial charge in [0, 0.05) is 32.7 Å². The van der Waals surface area contributed by atoms with Gasteiger partial charge in [0.1, 0.15) is 12.4 Å². The van der Waals surface area contributed by atoms with Gasteiger partial charge in [0.2, 0.25) is 5.91 Å². The molecule has 1 aliphatic heterocycles. The van der Waals surface area contributed by atoms with Gasteiger partial charge in [-0.25, -0.2) is 0 Å². The molecular formula is C18H24N4O2. The first-order chi connectivity index (χ1) is 11.6. The van der Waals surface area contributed by atoms with Crippen LogP contribution in [0.1, 0.15) is 29.7 Å². The molecule has 0 spiro atoms. The standard InChI is InChI=1S/C18H24N4O2/c1-13-6-4-5-7-15(13)11-18(23)21-8-9-22-16(10-14(21)2)19-20-17(22)12-24-3/h4-7,14H,8-12H2,1-3H3. The smallest absolute Gasteiger partial charge is 0.227 e. The zero-order valence-electron chi connectivity index (χ0n) is 14.5. The predicted molar refractivity (Wildman–Crippen MR) is 90.5 cm³/mol. The maximum Gasteiger partial charge on any atom is 0.227 e. The van der Waals surface area contributed by atoms with Gasteiger partial charge in [-0.05, 0) is 25.0 Å². The quantitative estimate of drug-likeness (QED) is 0.858. The van der Waals surface area contributed by atoms with Crippen molar-refractivity contribution in [2.45, 2.75) is 45.9 Å². The van der Waals surface area contributed by atoms with Crippen LogP contribution in [0.3, 0.4) is 0 Å². The van der Waals surface area contributed by atoms with E-state index in [2.05, 4.69) is 21.7 Å². The lowest BCUT2D eigenvalue weighted by Crippen LogP contribution is -2.41. The van der Waals surface area contributed by atoms with E-state index in [0.717, 1.165) is 29.2 Å². The molecule has 0 radical (unpaired) electrons. The largest absolute Gasteiger partial charge is 0.377 e. The van der Waals surface area contributed by atoms with Gasteiger partial charge in [-0.15, -0.1) is 10.2 Å². The van der Waals surface area contributed by atoms with E-state index in [0.29, 0.717) is 26.1 Å². The first kappa shape index (κ1) is 16.6. The number of carbonyl (C=O) groups is 1. The summed E-state index contributed by atoms with van der Waals surface area (Å²) in [5, 5.41) is 8.47. The molecule has 0 bridgehead atoms. The molecule has 0 saturated carbocycles. The van der Waals surface area contributed by atoms with Crippen LogP contribution >= 0.6 is 0 Å². The van der Waals surface area contributed by atoms with Crippen molar-refractivity contribution in [3.05, 3.63) is 47.0 Å². The molecule has 128 valence electrons. The van der Waals surface area contributed by atoms with E-state index in [1.165, 1.54) is 0 Å². The van der Waals surface area contributed by atoms with Crippen LogP contribution in [0.15, 0.2) is 24.3 Å². The molecule has 1 atom stereocenters. The zero-order valence-corrected chi connectivity index (χ0v) is 14.5. The van der Waals surface area contributed by atoms with Gasteiger partial charge < -0.3 is 14.2 Å². The van der Waals surface area contributed by atoms with Crippen molar-refractivity contribution in [2.24, 2.45) is 0 Å². The summed E-state index contributed by atoms with van der Waals surface area (Å²) >= 11 is 0. The highest BCUT2D eigenvalue weighted by molar-refractivity contribution is 5.79. The predicted octanol–water partition coefficient (Wildman–Crippen LogP) is 1.75. The van der Waals surface area contributed by atoms with Crippen LogP contribution in [0, 0.1) is 6.92 Å². The Kier molecular flexibility index (Phi) is 4.94. The number of methoxy groups -OCH3 is 1. The van der Waals surface area contributed by atoms with Crippen LogP contribution < -0.4 is 0 Å². The van der Waals surface area contributed by atoms with Gasteiger partial charge in [-0.2, -0.15) is 0 Å². The van der Waals surface area contributed by atoms with Crippen molar-refractivity contribution in [3.63, 3.8) is 0 Å². The molecule has 3 rings (SSSR count). The lowest BCUT2D eigenvalue weighted by molar-refractivity contribution is -0.132. The topological polar surface area (TPSA) is 60.3 Å². The SMILES string of the molecule is COCc1nnc2n1CCN(C(=O)Cc1ccccc1C)C(C)C2. The molecule has 0 aliphatic carbocycles. The van der Waals surface area contributed by atoms with E-state index < -0.39 is 0 Å². The van der Waals surface area contributed by atoms with Crippen LogP contribution in [0.2, 0.25) is 0 Å². The molecule has 1 aliphatic rings. The highest BCUT2D eigenvalue weighted by Gasteiger charge is 2.27. The van der Waals surface area contributed by atoms with Gasteiger partial charge in [-0.3, -0.25) is 4.79 Å². The summed E-state index contributed by atoms with van der Waals surface area (Å²) in [6.45, 7) is 5.96. The van der Waals surface area contributed by atoms with Gasteiger partial charge in [0.05, 0.1) is 6.42 Å². The fourth-order valence-electron chi connectivity index (χ4n) is 3.26. The van der Waals surface area contributed by atoms with Gasteiger partial charge >= 0.3 is 0 Å². The average Bonchev–Trinajstić information content (AvgIpc) is 2.83. The van der Waals surface area contributed by atoms with E-state index >= 15 is 0 Å². The zero-order chi connectivity index (χ0) is 17.1. The summed E-state index contributed by atoms with van der Waals surface area (Å²) in [4.78, 5) is 14.8. The molecule has 0 saturated heterocycles. The Labute approximate surface area is 142 Å². The molecule has 2 aromatic rings. The molecule has 1 aromatic heterocycles. The Balaban J connectivity index is 1.74. The number of hydrogen-bond donors (Lipinski definition) is 0. The van der Waals surface area contributed by atoms with Crippen LogP contribution in [0.5, 0.6) is 0 Å². The number of fused-ring (bicyclic) bond motifs is 1. The van der Waals surface area contributed by atoms with Gasteiger partial charge in [0.15, 0.2) is 5.82 Å². The van der Waals surface area contributed by atoms with Crippen LogP contribution in [0.25, 0.3) is 0 Å². The van der Waals surface area contributed by atoms with Crippen molar-refractivity contribution in [1.82, 2.24) is 19.7 Å². The second-order valence-corrected chi connectivity index (χ2v) is 6.36. The summed E-state index contributed by atoms with van der Waals surface area (Å²) in [7, 11) is 1.65. The summed E-state index contributed by atoms with van der Waals surface area (Å²) in [5.74, 6) is 1.93. The average molecular weight is 328 g/mol. The number of amides is 1. The summed E-state index contributed by atoms with van der Waals surface area (Å²) in [6.07, 6.45) is 1.17. The van der Waals surface area contributed by atoms with Crippen molar-refractivity contribution in [1.29, 1.82) is 0 Å². The molecule has 2 heterocycles. The Morgan fingerprint density at radius 1 is 1.29 bits per heavy atom. The molecule has 0 fully saturated rings. The monoisotopic (exact) mass is 328 g/mol. The van der Waals surface area contributed by atoms with E-state index in [1.807, 2.05) is 36.1 Å². The number of hydrogen-bond acceptors (Lipinski definition) is 4. The minimum Gasteiger partial charge on any atom is -0.377 e. The third kappa shape index (κ3) is 3.33. The fourth-order valence-corrected chi connectivity index (χ4v) is 3.26. The molecular weight excluding hydrogens is 304 g/mol. The van der Waals surface area contributed by atoms with Crippen molar-refractivity contribution < 1.29 is 9.53 Å². The number of ether oxygens (including phenoxy) is 1. The van der Waals surface area contributed by atoms with E-state index in [4.69, 9.17) is 4.74 Å². The van der Waals surface area contributed by atoms with E-state index in [9.17, 15) is 4.79 Å². The Morgan fingerprint density at radius 3 is 2.83 bits per heavy atom. The third-order valence-corrected chi connectivity index (χ3v) is 4.68. The number of aromatic nitrogens is 3. The van der Waals surface area contributed by atoms with Crippen LogP contribution in [0.4, 0.5) is 0 Å². The summed E-state index contributed by atoms with van der Waals surface area (Å²) in [5.41, 5.74) is 2.26. The van der Waals surface area contributed by atoms with Crippen molar-refractivity contribution >= 4 is 5.91 Å². The maximum absolute atomic E-state index is 12.8. The molecule has 0 N–H and O–H groups in total. The molecule has 1 amide bonds. The first-order valence-corrected chi connectivity index (χ1v) is 8.34. The van der Waals surface area contributed by atoms with Gasteiger partial charge in [0.25, 0.3) is 0 Å². The first-order valence-electron chi connectivity index (χ1n) is 8.34. The number of rotatable bonds is 4. The van der Waals surface area contributed by atoms with Crippen LogP contribution in [-0.4, -0.2) is 45.3 Å². The fraction of sp³-hybridized carbons (Fsp3) is 0.500. The number of nitrogens with zero attached hydrogens (tertiary/aromatic N) is 4. The second-order valence-electron chi connectivity index (χ2n) is 6.36. The lowest BCUT2D eigenvalue weighted by atomic mass is 10.0. The number of benzene rings is 1. The molecule has 1 unspecified atom stereocenters. The normalized spacial score (nSPS) is 17.5. The lowest BCUT2D eigenvalue weighted by Gasteiger charge is -2.27. The highest BCUT2D eigenvalue weighted by atomic mass is 16.5. The Bertz CT molecular complexity index is 726. The minimum atomic E-state index is 0.113. The third-order valence-electron chi connectivity index (χ3n) is 4.68. The molecule has 6 nitrogen and oxygen atoms in total. The number of carbonyl (C=O) groups excluding carboxylic acids is 1. The maximum atomic E-state index is 12.8. The molecule has 24 heavy (non-hydrogen) atoms. The highest BCUT2D eigenvalue weighted by Crippen LogP contribution is 2.17. The summed E-state index contributed by atoms with van der Waals surface area (Å²) < 4.78 is 7.27. The van der Waals surface area contributed by atoms with Crippen LogP contribution in [-0.2, 0) is 35.5 Å². The van der Waals surface area contributed by atoms with Crippen molar-refractivity contribution in [2.75, 3.05) is 13.7 Å². The Morgan fingerprint density at radius 2 is 2.08 bits per heavy atom. The molecule has 6 heteroatoms. The van der Waals surface area contributed by atoms with E-state index in [1.54, 1.807) is 7.11 Å². The number of aryl methyl sites for hydroxylation is 1. The minimum absolute atomic E-state index is 0.113. The van der Waals surface area contributed by atoms with Crippen molar-refractivity contribution in [3.8, 4) is 0 Å².